The van der Waals surface area contributed by atoms with Crippen LogP contribution in [0.4, 0.5) is 0 Å². The summed E-state index contributed by atoms with van der Waals surface area (Å²) in [5.41, 5.74) is 0.861. The lowest BCUT2D eigenvalue weighted by atomic mass is 9.86. The Morgan fingerprint density at radius 1 is 1.19 bits per heavy atom. The predicted octanol–water partition coefficient (Wildman–Crippen LogP) is 4.05. The van der Waals surface area contributed by atoms with Crippen molar-refractivity contribution in [2.75, 3.05) is 20.3 Å². The number of benzene rings is 1. The molecular weight excluding hydrogens is 342 g/mol. The third-order valence-electron chi connectivity index (χ3n) is 4.85. The van der Waals surface area contributed by atoms with Crippen LogP contribution in [-0.2, 0) is 5.41 Å². The van der Waals surface area contributed by atoms with Gasteiger partial charge in [0.15, 0.2) is 11.5 Å². The van der Waals surface area contributed by atoms with Gasteiger partial charge in [0.05, 0.1) is 13.2 Å². The molecule has 1 aliphatic carbocycles. The zero-order valence-electron chi connectivity index (χ0n) is 17.8. The largest absolute Gasteiger partial charge is 0.497 e. The molecule has 1 aromatic rings. The second-order valence-electron chi connectivity index (χ2n) is 8.77. The van der Waals surface area contributed by atoms with Crippen molar-refractivity contribution >= 4 is 0 Å². The summed E-state index contributed by atoms with van der Waals surface area (Å²) in [4.78, 5) is 0. The third-order valence-corrected chi connectivity index (χ3v) is 4.85. The first-order chi connectivity index (χ1) is 12.7. The van der Waals surface area contributed by atoms with Gasteiger partial charge in [-0.25, -0.2) is 0 Å². The number of ether oxygens (including phenoxy) is 3. The standard InChI is InChI=1S/C22H37NO4/c1-15(2)27-20-12-18(25-6)11-19(22(3,4)5)21(20)26-14-17(24)13-23-16-9-7-8-10-16/h11-12,15-17,23-24H,7-10,13-14H2,1-6H3. The number of aliphatic hydroxyl groups excluding tert-OH is 1. The first-order valence-electron chi connectivity index (χ1n) is 10.1. The number of hydrogen-bond acceptors (Lipinski definition) is 5. The third kappa shape index (κ3) is 6.58. The highest BCUT2D eigenvalue weighted by Crippen LogP contribution is 2.42. The van der Waals surface area contributed by atoms with Gasteiger partial charge in [-0.3, -0.25) is 0 Å². The van der Waals surface area contributed by atoms with Crippen LogP contribution in [0.15, 0.2) is 12.1 Å². The zero-order valence-corrected chi connectivity index (χ0v) is 17.8. The molecule has 0 amide bonds. The summed E-state index contributed by atoms with van der Waals surface area (Å²) in [6, 6.07) is 4.38. The Kier molecular flexibility index (Phi) is 7.80. The topological polar surface area (TPSA) is 60.0 Å². The molecule has 0 spiro atoms. The molecule has 2 rings (SSSR count). The quantitative estimate of drug-likeness (QED) is 0.678. The van der Waals surface area contributed by atoms with E-state index in [2.05, 4.69) is 26.1 Å². The van der Waals surface area contributed by atoms with Crippen LogP contribution >= 0.6 is 0 Å². The van der Waals surface area contributed by atoms with Crippen LogP contribution in [0.25, 0.3) is 0 Å². The van der Waals surface area contributed by atoms with E-state index in [1.807, 2.05) is 26.0 Å². The summed E-state index contributed by atoms with van der Waals surface area (Å²) in [6.07, 6.45) is 4.41. The fraction of sp³-hybridized carbons (Fsp3) is 0.727. The molecule has 27 heavy (non-hydrogen) atoms. The molecule has 5 nitrogen and oxygen atoms in total. The molecule has 1 atom stereocenters. The summed E-state index contributed by atoms with van der Waals surface area (Å²) < 4.78 is 17.5. The summed E-state index contributed by atoms with van der Waals surface area (Å²) in [6.45, 7) is 11.1. The van der Waals surface area contributed by atoms with E-state index in [-0.39, 0.29) is 18.1 Å². The maximum absolute atomic E-state index is 10.4. The molecule has 5 heteroatoms. The van der Waals surface area contributed by atoms with Crippen molar-refractivity contribution in [2.24, 2.45) is 0 Å². The SMILES string of the molecule is COc1cc(OC(C)C)c(OCC(O)CNC2CCCC2)c(C(C)(C)C)c1. The first-order valence-corrected chi connectivity index (χ1v) is 10.1. The molecule has 0 aromatic heterocycles. The van der Waals surface area contributed by atoms with Crippen molar-refractivity contribution in [3.8, 4) is 17.2 Å². The van der Waals surface area contributed by atoms with E-state index in [1.54, 1.807) is 7.11 Å². The predicted molar refractivity (Wildman–Crippen MR) is 109 cm³/mol. The average molecular weight is 380 g/mol. The minimum atomic E-state index is -0.563. The van der Waals surface area contributed by atoms with Gasteiger partial charge < -0.3 is 24.6 Å². The van der Waals surface area contributed by atoms with Crippen molar-refractivity contribution in [3.63, 3.8) is 0 Å². The Morgan fingerprint density at radius 2 is 1.85 bits per heavy atom. The molecule has 154 valence electrons. The van der Waals surface area contributed by atoms with Crippen molar-refractivity contribution in [2.45, 2.75) is 84.0 Å². The van der Waals surface area contributed by atoms with Crippen LogP contribution in [0.3, 0.4) is 0 Å². The molecule has 0 saturated heterocycles. The van der Waals surface area contributed by atoms with Crippen LogP contribution in [0.1, 0.15) is 65.9 Å². The van der Waals surface area contributed by atoms with Crippen molar-refractivity contribution < 1.29 is 19.3 Å². The van der Waals surface area contributed by atoms with Crippen LogP contribution in [0.5, 0.6) is 17.2 Å². The second-order valence-corrected chi connectivity index (χ2v) is 8.77. The van der Waals surface area contributed by atoms with Gasteiger partial charge in [0.2, 0.25) is 0 Å². The van der Waals surface area contributed by atoms with Crippen molar-refractivity contribution in [3.05, 3.63) is 17.7 Å². The highest BCUT2D eigenvalue weighted by atomic mass is 16.5. The number of aliphatic hydroxyl groups is 1. The maximum Gasteiger partial charge on any atom is 0.165 e. The zero-order chi connectivity index (χ0) is 20.0. The lowest BCUT2D eigenvalue weighted by Crippen LogP contribution is -2.36. The number of methoxy groups -OCH3 is 1. The molecule has 1 aliphatic rings. The minimum Gasteiger partial charge on any atom is -0.497 e. The Hall–Kier alpha value is -1.46. The van der Waals surface area contributed by atoms with E-state index in [9.17, 15) is 5.11 Å². The smallest absolute Gasteiger partial charge is 0.165 e. The highest BCUT2D eigenvalue weighted by molar-refractivity contribution is 5.54. The minimum absolute atomic E-state index is 0.0150. The van der Waals surface area contributed by atoms with E-state index >= 15 is 0 Å². The van der Waals surface area contributed by atoms with Gasteiger partial charge in [0.25, 0.3) is 0 Å². The van der Waals surface area contributed by atoms with Crippen LogP contribution < -0.4 is 19.5 Å². The van der Waals surface area contributed by atoms with Gasteiger partial charge in [-0.05, 0) is 38.2 Å². The van der Waals surface area contributed by atoms with Gasteiger partial charge in [-0.1, -0.05) is 33.6 Å². The molecule has 0 radical (unpaired) electrons. The van der Waals surface area contributed by atoms with E-state index in [0.29, 0.717) is 24.1 Å². The molecule has 1 fully saturated rings. The molecule has 0 aliphatic heterocycles. The fourth-order valence-electron chi connectivity index (χ4n) is 3.41. The maximum atomic E-state index is 10.4. The normalized spacial score (nSPS) is 16.6. The lowest BCUT2D eigenvalue weighted by molar-refractivity contribution is 0.0989. The molecule has 0 heterocycles. The molecule has 2 N–H and O–H groups in total. The molecule has 1 aromatic carbocycles. The van der Waals surface area contributed by atoms with E-state index in [1.165, 1.54) is 25.7 Å². The van der Waals surface area contributed by atoms with Crippen LogP contribution in [0, 0.1) is 0 Å². The van der Waals surface area contributed by atoms with Gasteiger partial charge in [-0.15, -0.1) is 0 Å². The molecule has 1 saturated carbocycles. The number of hydrogen-bond donors (Lipinski definition) is 2. The van der Waals surface area contributed by atoms with Crippen LogP contribution in [0.2, 0.25) is 0 Å². The Morgan fingerprint density at radius 3 is 2.41 bits per heavy atom. The van der Waals surface area contributed by atoms with Crippen LogP contribution in [-0.4, -0.2) is 43.6 Å². The molecule has 0 bridgehead atoms. The van der Waals surface area contributed by atoms with Gasteiger partial charge in [0, 0.05) is 24.2 Å². The summed E-state index contributed by atoms with van der Waals surface area (Å²) >= 11 is 0. The Bertz CT molecular complexity index is 589. The van der Waals surface area contributed by atoms with Gasteiger partial charge in [0.1, 0.15) is 18.5 Å². The average Bonchev–Trinajstić information content (AvgIpc) is 3.10. The molecule has 1 unspecified atom stereocenters. The van der Waals surface area contributed by atoms with Gasteiger partial charge >= 0.3 is 0 Å². The fourth-order valence-corrected chi connectivity index (χ4v) is 3.41. The first kappa shape index (κ1) is 21.8. The number of rotatable bonds is 9. The van der Waals surface area contributed by atoms with E-state index in [0.717, 1.165) is 11.3 Å². The summed E-state index contributed by atoms with van der Waals surface area (Å²) in [5.74, 6) is 2.09. The second kappa shape index (κ2) is 9.65. The Balaban J connectivity index is 2.13. The summed E-state index contributed by atoms with van der Waals surface area (Å²) in [7, 11) is 1.65. The lowest BCUT2D eigenvalue weighted by Gasteiger charge is -2.27. The monoisotopic (exact) mass is 379 g/mol. The Labute approximate surface area is 164 Å². The van der Waals surface area contributed by atoms with Crippen molar-refractivity contribution in [1.82, 2.24) is 5.32 Å². The van der Waals surface area contributed by atoms with E-state index in [4.69, 9.17) is 14.2 Å². The number of nitrogens with one attached hydrogen (secondary N) is 1. The van der Waals surface area contributed by atoms with E-state index < -0.39 is 6.10 Å². The summed E-state index contributed by atoms with van der Waals surface area (Å²) in [5, 5.41) is 13.8. The van der Waals surface area contributed by atoms with Crippen molar-refractivity contribution in [1.29, 1.82) is 0 Å². The molecular formula is C22H37NO4. The highest BCUT2D eigenvalue weighted by Gasteiger charge is 2.25. The van der Waals surface area contributed by atoms with Gasteiger partial charge in [-0.2, -0.15) is 0 Å².